The van der Waals surface area contributed by atoms with Crippen LogP contribution in [0.15, 0.2) is 0 Å². The highest BCUT2D eigenvalue weighted by molar-refractivity contribution is 5.88. The molecule has 0 spiro atoms. The lowest BCUT2D eigenvalue weighted by Crippen LogP contribution is -2.38. The highest BCUT2D eigenvalue weighted by Gasteiger charge is 2.50. The zero-order chi connectivity index (χ0) is 12.4. The van der Waals surface area contributed by atoms with E-state index in [0.29, 0.717) is 12.5 Å². The van der Waals surface area contributed by atoms with E-state index in [2.05, 4.69) is 39.1 Å². The van der Waals surface area contributed by atoms with E-state index in [1.165, 1.54) is 0 Å². The molecule has 1 N–H and O–H groups in total. The molecule has 0 saturated heterocycles. The lowest BCUT2D eigenvalue weighted by Gasteiger charge is -2.27. The predicted molar refractivity (Wildman–Crippen MR) is 63.5 cm³/mol. The van der Waals surface area contributed by atoms with Gasteiger partial charge in [0.2, 0.25) is 5.91 Å². The van der Waals surface area contributed by atoms with Crippen LogP contribution in [0, 0.1) is 28.1 Å². The summed E-state index contributed by atoms with van der Waals surface area (Å²) in [5.74, 6) is 0.546. The van der Waals surface area contributed by atoms with E-state index in [0.717, 1.165) is 19.3 Å². The van der Waals surface area contributed by atoms with Crippen LogP contribution >= 0.6 is 0 Å². The fourth-order valence-corrected chi connectivity index (χ4v) is 2.18. The number of carbonyl (C=O) groups is 1. The summed E-state index contributed by atoms with van der Waals surface area (Å²) in [6.07, 6.45) is 2.52. The molecule has 0 heterocycles. The van der Waals surface area contributed by atoms with E-state index in [-0.39, 0.29) is 11.3 Å². The average Bonchev–Trinajstić information content (AvgIpc) is 2.93. The number of hydrogen-bond donors (Lipinski definition) is 1. The van der Waals surface area contributed by atoms with Gasteiger partial charge in [0.1, 0.15) is 5.41 Å². The third kappa shape index (κ3) is 3.23. The van der Waals surface area contributed by atoms with Crippen LogP contribution in [0.5, 0.6) is 0 Å². The maximum absolute atomic E-state index is 11.8. The van der Waals surface area contributed by atoms with Gasteiger partial charge in [-0.3, -0.25) is 4.79 Å². The predicted octanol–water partition coefficient (Wildman–Crippen LogP) is 2.48. The van der Waals surface area contributed by atoms with Crippen LogP contribution in [-0.4, -0.2) is 12.5 Å². The van der Waals surface area contributed by atoms with Crippen molar-refractivity contribution in [2.24, 2.45) is 16.7 Å². The maximum Gasteiger partial charge on any atom is 0.240 e. The van der Waals surface area contributed by atoms with Gasteiger partial charge in [-0.1, -0.05) is 27.7 Å². The van der Waals surface area contributed by atoms with Gasteiger partial charge in [0.05, 0.1) is 6.07 Å². The Morgan fingerprint density at radius 1 is 1.50 bits per heavy atom. The lowest BCUT2D eigenvalue weighted by molar-refractivity contribution is -0.124. The van der Waals surface area contributed by atoms with Gasteiger partial charge in [-0.2, -0.15) is 5.26 Å². The Balaban J connectivity index is 2.40. The normalized spacial score (nSPS) is 18.0. The van der Waals surface area contributed by atoms with Crippen molar-refractivity contribution in [3.8, 4) is 6.07 Å². The molecule has 16 heavy (non-hydrogen) atoms. The van der Waals surface area contributed by atoms with Crippen molar-refractivity contribution in [1.82, 2.24) is 5.32 Å². The minimum Gasteiger partial charge on any atom is -0.354 e. The summed E-state index contributed by atoms with van der Waals surface area (Å²) in [4.78, 5) is 11.8. The number of nitriles is 1. The van der Waals surface area contributed by atoms with Crippen molar-refractivity contribution in [2.45, 2.75) is 47.0 Å². The van der Waals surface area contributed by atoms with Gasteiger partial charge in [-0.15, -0.1) is 0 Å². The molecule has 1 amide bonds. The van der Waals surface area contributed by atoms with Crippen LogP contribution < -0.4 is 5.32 Å². The number of nitrogens with one attached hydrogen (secondary N) is 1. The molecule has 1 fully saturated rings. The smallest absolute Gasteiger partial charge is 0.240 e. The summed E-state index contributed by atoms with van der Waals surface area (Å²) in [5, 5.41) is 11.8. The zero-order valence-electron chi connectivity index (χ0n) is 10.8. The molecule has 1 aliphatic carbocycles. The van der Waals surface area contributed by atoms with Gasteiger partial charge >= 0.3 is 0 Å². The topological polar surface area (TPSA) is 52.9 Å². The van der Waals surface area contributed by atoms with Crippen molar-refractivity contribution < 1.29 is 4.79 Å². The second kappa shape index (κ2) is 4.45. The summed E-state index contributed by atoms with van der Waals surface area (Å²) < 4.78 is 0. The summed E-state index contributed by atoms with van der Waals surface area (Å²) >= 11 is 0. The van der Waals surface area contributed by atoms with Crippen LogP contribution in [-0.2, 0) is 4.79 Å². The van der Waals surface area contributed by atoms with Crippen molar-refractivity contribution in [2.75, 3.05) is 6.54 Å². The van der Waals surface area contributed by atoms with Crippen LogP contribution in [0.25, 0.3) is 0 Å². The van der Waals surface area contributed by atoms with Crippen molar-refractivity contribution in [1.29, 1.82) is 5.26 Å². The minimum atomic E-state index is -0.687. The van der Waals surface area contributed by atoms with Crippen molar-refractivity contribution in [3.05, 3.63) is 0 Å². The highest BCUT2D eigenvalue weighted by Crippen LogP contribution is 2.45. The Kier molecular flexibility index (Phi) is 3.62. The summed E-state index contributed by atoms with van der Waals surface area (Å²) in [6.45, 7) is 9.33. The minimum absolute atomic E-state index is 0.0770. The molecule has 90 valence electrons. The van der Waals surface area contributed by atoms with Gasteiger partial charge in [0, 0.05) is 6.54 Å². The van der Waals surface area contributed by atoms with E-state index in [1.807, 2.05) is 0 Å². The highest BCUT2D eigenvalue weighted by atomic mass is 16.2. The van der Waals surface area contributed by atoms with Gasteiger partial charge in [0.15, 0.2) is 0 Å². The second-order valence-electron chi connectivity index (χ2n) is 6.14. The standard InChI is InChI=1S/C13H22N2O/c1-10(2)7-12(3,4)9-15-11(16)13(8-14)5-6-13/h10H,5-7,9H2,1-4H3,(H,15,16). The lowest BCUT2D eigenvalue weighted by atomic mass is 9.84. The van der Waals surface area contributed by atoms with E-state index in [4.69, 9.17) is 5.26 Å². The molecule has 1 aliphatic rings. The number of amides is 1. The number of rotatable bonds is 5. The fraction of sp³-hybridized carbons (Fsp3) is 0.846. The quantitative estimate of drug-likeness (QED) is 0.777. The summed E-state index contributed by atoms with van der Waals surface area (Å²) in [7, 11) is 0. The molecule has 0 atom stereocenters. The SMILES string of the molecule is CC(C)CC(C)(C)CNC(=O)C1(C#N)CC1. The zero-order valence-corrected chi connectivity index (χ0v) is 10.8. The molecular weight excluding hydrogens is 200 g/mol. The summed E-state index contributed by atoms with van der Waals surface area (Å²) in [5.41, 5.74) is -0.580. The summed E-state index contributed by atoms with van der Waals surface area (Å²) in [6, 6.07) is 2.12. The van der Waals surface area contributed by atoms with Crippen molar-refractivity contribution in [3.63, 3.8) is 0 Å². The molecule has 0 radical (unpaired) electrons. The third-order valence-corrected chi connectivity index (χ3v) is 3.09. The van der Waals surface area contributed by atoms with Gasteiger partial charge in [-0.25, -0.2) is 0 Å². The molecule has 0 aromatic heterocycles. The molecular formula is C13H22N2O. The van der Waals surface area contributed by atoms with Gasteiger partial charge < -0.3 is 5.32 Å². The first kappa shape index (κ1) is 13.0. The molecule has 0 aromatic rings. The third-order valence-electron chi connectivity index (χ3n) is 3.09. The Bertz CT molecular complexity index is 308. The number of carbonyl (C=O) groups excluding carboxylic acids is 1. The molecule has 0 bridgehead atoms. The average molecular weight is 222 g/mol. The number of nitrogens with zero attached hydrogens (tertiary/aromatic N) is 1. The van der Waals surface area contributed by atoms with E-state index < -0.39 is 5.41 Å². The van der Waals surface area contributed by atoms with Crippen LogP contribution in [0.1, 0.15) is 47.0 Å². The fourth-order valence-electron chi connectivity index (χ4n) is 2.18. The molecule has 3 nitrogen and oxygen atoms in total. The monoisotopic (exact) mass is 222 g/mol. The first-order chi connectivity index (χ1) is 7.31. The molecule has 0 aliphatic heterocycles. The Morgan fingerprint density at radius 3 is 2.44 bits per heavy atom. The maximum atomic E-state index is 11.8. The van der Waals surface area contributed by atoms with E-state index in [9.17, 15) is 4.79 Å². The van der Waals surface area contributed by atoms with Gasteiger partial charge in [0.25, 0.3) is 0 Å². The molecule has 3 heteroatoms. The molecule has 1 saturated carbocycles. The van der Waals surface area contributed by atoms with Crippen LogP contribution in [0.2, 0.25) is 0 Å². The first-order valence-corrected chi connectivity index (χ1v) is 6.01. The second-order valence-corrected chi connectivity index (χ2v) is 6.14. The van der Waals surface area contributed by atoms with E-state index in [1.54, 1.807) is 0 Å². The molecule has 0 unspecified atom stereocenters. The van der Waals surface area contributed by atoms with Crippen LogP contribution in [0.3, 0.4) is 0 Å². The Hall–Kier alpha value is -1.04. The Morgan fingerprint density at radius 2 is 2.06 bits per heavy atom. The van der Waals surface area contributed by atoms with E-state index >= 15 is 0 Å². The largest absolute Gasteiger partial charge is 0.354 e. The van der Waals surface area contributed by atoms with Gasteiger partial charge in [-0.05, 0) is 30.6 Å². The Labute approximate surface area is 98.2 Å². The number of hydrogen-bond acceptors (Lipinski definition) is 2. The molecule has 1 rings (SSSR count). The molecule has 0 aromatic carbocycles. The van der Waals surface area contributed by atoms with Crippen LogP contribution in [0.4, 0.5) is 0 Å². The first-order valence-electron chi connectivity index (χ1n) is 6.01. The van der Waals surface area contributed by atoms with Crippen molar-refractivity contribution >= 4 is 5.91 Å².